The van der Waals surface area contributed by atoms with Crippen molar-refractivity contribution in [2.24, 2.45) is 4.99 Å². The molecule has 0 fully saturated rings. The van der Waals surface area contributed by atoms with Gasteiger partial charge in [0.2, 0.25) is 5.91 Å². The monoisotopic (exact) mass is 505 g/mol. The Kier molecular flexibility index (Phi) is 8.15. The molecule has 2 aliphatic heterocycles. The summed E-state index contributed by atoms with van der Waals surface area (Å²) in [4.78, 5) is 32.6. The number of carbonyl (C=O) groups excluding carboxylic acids is 2. The Hall–Kier alpha value is -3.52. The van der Waals surface area contributed by atoms with E-state index in [1.54, 1.807) is 0 Å². The van der Waals surface area contributed by atoms with E-state index in [1.807, 2.05) is 85.7 Å². The van der Waals surface area contributed by atoms with Gasteiger partial charge < -0.3 is 19.7 Å². The van der Waals surface area contributed by atoms with E-state index in [9.17, 15) is 9.59 Å². The number of nitrogens with one attached hydrogen (secondary N) is 1. The Labute approximate surface area is 216 Å². The third kappa shape index (κ3) is 5.49. The minimum atomic E-state index is -0.503. The number of fused-ring (bicyclic) bond motifs is 1. The van der Waals surface area contributed by atoms with Gasteiger partial charge >= 0.3 is 5.97 Å². The zero-order chi connectivity index (χ0) is 25.7. The first kappa shape index (κ1) is 25.6. The predicted octanol–water partition coefficient (Wildman–Crippen LogP) is 5.92. The van der Waals surface area contributed by atoms with E-state index in [-0.39, 0.29) is 18.4 Å². The summed E-state index contributed by atoms with van der Waals surface area (Å²) in [6, 6.07) is 16.8. The van der Waals surface area contributed by atoms with Crippen LogP contribution in [0.5, 0.6) is 11.5 Å². The average Bonchev–Trinajstić information content (AvgIpc) is 3.29. The van der Waals surface area contributed by atoms with Crippen molar-refractivity contribution in [2.45, 2.75) is 52.1 Å². The number of allylic oxidation sites excluding steroid dienone is 1. The molecule has 0 aromatic heterocycles. The van der Waals surface area contributed by atoms with Gasteiger partial charge in [-0.3, -0.25) is 4.79 Å². The van der Waals surface area contributed by atoms with Crippen LogP contribution in [-0.2, 0) is 14.3 Å². The number of hydrogen-bond donors (Lipinski definition) is 1. The number of carbonyl (C=O) groups is 2. The normalized spacial score (nSPS) is 17.7. The van der Waals surface area contributed by atoms with Crippen molar-refractivity contribution in [2.75, 3.05) is 7.11 Å². The lowest BCUT2D eigenvalue weighted by Gasteiger charge is -2.36. The summed E-state index contributed by atoms with van der Waals surface area (Å²) in [5.74, 6) is 0.867. The number of para-hydroxylation sites is 1. The van der Waals surface area contributed by atoms with Crippen molar-refractivity contribution in [3.8, 4) is 11.5 Å². The second-order valence-electron chi connectivity index (χ2n) is 8.64. The van der Waals surface area contributed by atoms with Crippen LogP contribution >= 0.6 is 11.8 Å². The second kappa shape index (κ2) is 11.5. The van der Waals surface area contributed by atoms with Gasteiger partial charge in [-0.1, -0.05) is 55.9 Å². The number of thioether (sulfide) groups is 1. The zero-order valence-corrected chi connectivity index (χ0v) is 21.8. The number of nitrogens with zero attached hydrogens (tertiary/aromatic N) is 2. The highest BCUT2D eigenvalue weighted by Gasteiger charge is 2.41. The Morgan fingerprint density at radius 3 is 2.56 bits per heavy atom. The van der Waals surface area contributed by atoms with Crippen molar-refractivity contribution >= 4 is 28.8 Å². The van der Waals surface area contributed by atoms with Crippen LogP contribution in [0.25, 0.3) is 0 Å². The van der Waals surface area contributed by atoms with Crippen LogP contribution in [0, 0.1) is 0 Å². The van der Waals surface area contributed by atoms with Crippen molar-refractivity contribution < 1.29 is 19.1 Å². The number of benzene rings is 2. The average molecular weight is 506 g/mol. The molecular weight excluding hydrogens is 474 g/mol. The highest BCUT2D eigenvalue weighted by atomic mass is 32.2. The molecule has 2 aromatic carbocycles. The second-order valence-corrected chi connectivity index (χ2v) is 9.48. The van der Waals surface area contributed by atoms with Crippen LogP contribution in [0.4, 0.5) is 0 Å². The van der Waals surface area contributed by atoms with Gasteiger partial charge in [0.05, 0.1) is 30.8 Å². The lowest BCUT2D eigenvalue weighted by atomic mass is 9.92. The molecule has 36 heavy (non-hydrogen) atoms. The molecule has 0 saturated carbocycles. The minimum absolute atomic E-state index is 0.0674. The van der Waals surface area contributed by atoms with Gasteiger partial charge in [0.1, 0.15) is 11.5 Å². The Morgan fingerprint density at radius 2 is 1.86 bits per heavy atom. The summed E-state index contributed by atoms with van der Waals surface area (Å²) in [6.07, 6.45) is 1.60. The number of hydrogen-bond acceptors (Lipinski definition) is 7. The third-order valence-corrected chi connectivity index (χ3v) is 7.03. The van der Waals surface area contributed by atoms with Gasteiger partial charge in [-0.2, -0.15) is 0 Å². The molecule has 4 rings (SSSR count). The van der Waals surface area contributed by atoms with Crippen LogP contribution in [0.3, 0.4) is 0 Å². The molecule has 0 aliphatic carbocycles. The van der Waals surface area contributed by atoms with E-state index in [4.69, 9.17) is 14.5 Å². The van der Waals surface area contributed by atoms with Gasteiger partial charge in [0.15, 0.2) is 5.17 Å². The first-order chi connectivity index (χ1) is 17.4. The summed E-state index contributed by atoms with van der Waals surface area (Å²) < 4.78 is 11.3. The highest BCUT2D eigenvalue weighted by Crippen LogP contribution is 2.46. The van der Waals surface area contributed by atoms with Crippen molar-refractivity contribution in [3.63, 3.8) is 0 Å². The molecule has 1 N–H and O–H groups in total. The third-order valence-electron chi connectivity index (χ3n) is 6.14. The van der Waals surface area contributed by atoms with Gasteiger partial charge in [-0.05, 0) is 55.0 Å². The molecule has 2 aromatic rings. The highest BCUT2D eigenvalue weighted by molar-refractivity contribution is 8.16. The quantitative estimate of drug-likeness (QED) is 0.426. The van der Waals surface area contributed by atoms with Crippen molar-refractivity contribution in [3.05, 3.63) is 82.5 Å². The van der Waals surface area contributed by atoms with E-state index in [2.05, 4.69) is 5.32 Å². The van der Waals surface area contributed by atoms with Crippen LogP contribution in [-0.4, -0.2) is 35.1 Å². The van der Waals surface area contributed by atoms with E-state index >= 15 is 0 Å². The molecule has 0 saturated heterocycles. The SMILES string of the molecule is CCC1=C(C(=O)OC)[C@@H](c2cccc(Oc3ccccc3)c2)N2C(CC(=O)N[C@H](C)CC)=CSC2=N1. The number of esters is 1. The van der Waals surface area contributed by atoms with E-state index in [0.717, 1.165) is 28.6 Å². The summed E-state index contributed by atoms with van der Waals surface area (Å²) in [5.41, 5.74) is 2.78. The van der Waals surface area contributed by atoms with Gasteiger partial charge in [0.25, 0.3) is 0 Å². The Morgan fingerprint density at radius 1 is 1.11 bits per heavy atom. The van der Waals surface area contributed by atoms with Crippen molar-refractivity contribution in [1.29, 1.82) is 0 Å². The standard InChI is InChI=1S/C28H31N3O4S/c1-5-18(3)29-24(32)16-20-17-36-28-30-23(6-2)25(27(33)34-4)26(31(20)28)19-11-10-14-22(15-19)35-21-12-8-7-9-13-21/h7-15,17-18,26H,5-6,16H2,1-4H3,(H,29,32)/t18-,26-/m1/s1. The molecule has 0 unspecified atom stereocenters. The van der Waals surface area contributed by atoms with Crippen LogP contribution < -0.4 is 10.1 Å². The molecule has 0 radical (unpaired) electrons. The fraction of sp³-hybridized carbons (Fsp3) is 0.321. The molecule has 2 heterocycles. The molecule has 7 nitrogen and oxygen atoms in total. The number of methoxy groups -OCH3 is 1. The summed E-state index contributed by atoms with van der Waals surface area (Å²) in [5, 5.41) is 5.71. The number of aliphatic imine (C=N–C) groups is 1. The maximum absolute atomic E-state index is 13.1. The molecule has 188 valence electrons. The number of rotatable bonds is 9. The summed E-state index contributed by atoms with van der Waals surface area (Å²) >= 11 is 1.46. The number of amides is 1. The van der Waals surface area contributed by atoms with Gasteiger partial charge in [-0.15, -0.1) is 0 Å². The Bertz CT molecular complexity index is 1220. The van der Waals surface area contributed by atoms with E-state index < -0.39 is 12.0 Å². The smallest absolute Gasteiger partial charge is 0.338 e. The molecular formula is C28H31N3O4S. The molecule has 2 aliphatic rings. The lowest BCUT2D eigenvalue weighted by Crippen LogP contribution is -2.39. The largest absolute Gasteiger partial charge is 0.466 e. The van der Waals surface area contributed by atoms with Crippen LogP contribution in [0.2, 0.25) is 0 Å². The predicted molar refractivity (Wildman–Crippen MR) is 142 cm³/mol. The van der Waals surface area contributed by atoms with Crippen LogP contribution in [0.15, 0.2) is 82.0 Å². The van der Waals surface area contributed by atoms with E-state index in [0.29, 0.717) is 23.4 Å². The Balaban J connectivity index is 1.73. The number of ether oxygens (including phenoxy) is 2. The lowest BCUT2D eigenvalue weighted by molar-refractivity contribution is -0.136. The molecule has 2 atom stereocenters. The van der Waals surface area contributed by atoms with Gasteiger partial charge in [0, 0.05) is 11.7 Å². The number of amidine groups is 1. The first-order valence-electron chi connectivity index (χ1n) is 12.1. The first-order valence-corrected chi connectivity index (χ1v) is 13.0. The maximum Gasteiger partial charge on any atom is 0.338 e. The fourth-order valence-electron chi connectivity index (χ4n) is 4.19. The fourth-order valence-corrected chi connectivity index (χ4v) is 5.13. The van der Waals surface area contributed by atoms with Crippen molar-refractivity contribution in [1.82, 2.24) is 10.2 Å². The molecule has 0 spiro atoms. The van der Waals surface area contributed by atoms with E-state index in [1.165, 1.54) is 18.9 Å². The molecule has 8 heteroatoms. The van der Waals surface area contributed by atoms with Crippen LogP contribution in [0.1, 0.15) is 51.6 Å². The zero-order valence-electron chi connectivity index (χ0n) is 21.0. The summed E-state index contributed by atoms with van der Waals surface area (Å²) in [7, 11) is 1.38. The maximum atomic E-state index is 13.1. The molecule has 0 bridgehead atoms. The van der Waals surface area contributed by atoms with Gasteiger partial charge in [-0.25, -0.2) is 9.79 Å². The summed E-state index contributed by atoms with van der Waals surface area (Å²) in [6.45, 7) is 5.99. The topological polar surface area (TPSA) is 80.2 Å². The molecule has 1 amide bonds. The minimum Gasteiger partial charge on any atom is -0.466 e.